The molecule has 1 aliphatic carbocycles. The van der Waals surface area contributed by atoms with Crippen LogP contribution in [-0.2, 0) is 4.79 Å². The predicted octanol–water partition coefficient (Wildman–Crippen LogP) is 2.48. The van der Waals surface area contributed by atoms with Crippen molar-refractivity contribution in [2.75, 3.05) is 6.54 Å². The van der Waals surface area contributed by atoms with E-state index in [1.807, 2.05) is 18.2 Å². The van der Waals surface area contributed by atoms with Crippen LogP contribution in [0.25, 0.3) is 0 Å². The van der Waals surface area contributed by atoms with E-state index in [0.717, 1.165) is 32.1 Å². The Balaban J connectivity index is 1.72. The Morgan fingerprint density at radius 2 is 2.05 bits per heavy atom. The van der Waals surface area contributed by atoms with Crippen molar-refractivity contribution in [2.45, 2.75) is 25.3 Å². The number of piperidine rings is 2. The fourth-order valence-electron chi connectivity index (χ4n) is 3.25. The zero-order chi connectivity index (χ0) is 13.2. The number of rotatable bonds is 2. The van der Waals surface area contributed by atoms with Gasteiger partial charge in [-0.25, -0.2) is 4.79 Å². The van der Waals surface area contributed by atoms with Crippen LogP contribution in [-0.4, -0.2) is 29.9 Å². The summed E-state index contributed by atoms with van der Waals surface area (Å²) in [5.41, 5.74) is 0. The van der Waals surface area contributed by atoms with Crippen LogP contribution in [0.5, 0.6) is 5.75 Å². The van der Waals surface area contributed by atoms with E-state index >= 15 is 0 Å². The van der Waals surface area contributed by atoms with Crippen LogP contribution >= 0.6 is 0 Å². The predicted molar refractivity (Wildman–Crippen MR) is 69.9 cm³/mol. The lowest BCUT2D eigenvalue weighted by Crippen LogP contribution is -2.56. The molecule has 0 N–H and O–H groups in total. The largest absolute Gasteiger partial charge is 0.415 e. The van der Waals surface area contributed by atoms with E-state index in [-0.39, 0.29) is 18.1 Å². The molecule has 1 saturated carbocycles. The van der Waals surface area contributed by atoms with Crippen molar-refractivity contribution in [3.8, 4) is 5.75 Å². The van der Waals surface area contributed by atoms with Gasteiger partial charge in [-0.15, -0.1) is 0 Å². The van der Waals surface area contributed by atoms with Crippen molar-refractivity contribution in [2.24, 2.45) is 11.8 Å². The van der Waals surface area contributed by atoms with Gasteiger partial charge in [0.2, 0.25) is 0 Å². The van der Waals surface area contributed by atoms with Crippen molar-refractivity contribution in [3.63, 3.8) is 0 Å². The number of aldehydes is 1. The lowest BCUT2D eigenvalue weighted by Gasteiger charge is -2.47. The first-order chi connectivity index (χ1) is 9.28. The first kappa shape index (κ1) is 12.2. The molecule has 1 amide bonds. The summed E-state index contributed by atoms with van der Waals surface area (Å²) in [6.07, 6.45) is 3.62. The van der Waals surface area contributed by atoms with Gasteiger partial charge in [0.1, 0.15) is 12.0 Å². The molecule has 3 atom stereocenters. The smallest absolute Gasteiger partial charge is 0.410 e. The number of para-hydroxylation sites is 1. The highest BCUT2D eigenvalue weighted by Gasteiger charge is 2.43. The van der Waals surface area contributed by atoms with Gasteiger partial charge in [-0.2, -0.15) is 0 Å². The van der Waals surface area contributed by atoms with E-state index in [9.17, 15) is 9.59 Å². The zero-order valence-corrected chi connectivity index (χ0v) is 10.7. The average molecular weight is 259 g/mol. The number of fused-ring (bicyclic) bond motifs is 3. The minimum Gasteiger partial charge on any atom is -0.410 e. The van der Waals surface area contributed by atoms with Gasteiger partial charge >= 0.3 is 6.09 Å². The lowest BCUT2D eigenvalue weighted by molar-refractivity contribution is -0.117. The molecule has 0 unspecified atom stereocenters. The van der Waals surface area contributed by atoms with Gasteiger partial charge in [-0.3, -0.25) is 0 Å². The van der Waals surface area contributed by atoms with E-state index < -0.39 is 0 Å². The first-order valence-electron chi connectivity index (χ1n) is 6.76. The van der Waals surface area contributed by atoms with Gasteiger partial charge < -0.3 is 14.4 Å². The SMILES string of the molecule is O=C[C@H]1C[C@H]2CC[C@@H]1N(C(=O)Oc1ccccc1)C2. The lowest BCUT2D eigenvalue weighted by atomic mass is 9.73. The molecular formula is C15H17NO3. The molecule has 3 fully saturated rings. The Bertz CT molecular complexity index is 474. The third kappa shape index (κ3) is 2.35. The van der Waals surface area contributed by atoms with Crippen molar-refractivity contribution < 1.29 is 14.3 Å². The number of hydrogen-bond donors (Lipinski definition) is 0. The second kappa shape index (κ2) is 5.03. The number of nitrogens with zero attached hydrogens (tertiary/aromatic N) is 1. The fourth-order valence-corrected chi connectivity index (χ4v) is 3.25. The van der Waals surface area contributed by atoms with Crippen molar-refractivity contribution in [1.29, 1.82) is 0 Å². The van der Waals surface area contributed by atoms with E-state index in [2.05, 4.69) is 0 Å². The van der Waals surface area contributed by atoms with Crippen LogP contribution in [0.3, 0.4) is 0 Å². The van der Waals surface area contributed by atoms with Crippen LogP contribution < -0.4 is 4.74 Å². The minimum absolute atomic E-state index is 0.0178. The molecule has 4 rings (SSSR count). The minimum atomic E-state index is -0.326. The topological polar surface area (TPSA) is 46.6 Å². The molecule has 2 aliphatic heterocycles. The Labute approximate surface area is 112 Å². The molecule has 0 radical (unpaired) electrons. The highest BCUT2D eigenvalue weighted by Crippen LogP contribution is 2.38. The van der Waals surface area contributed by atoms with Gasteiger partial charge in [-0.1, -0.05) is 18.2 Å². The number of amides is 1. The Morgan fingerprint density at radius 1 is 1.26 bits per heavy atom. The normalized spacial score (nSPS) is 29.1. The van der Waals surface area contributed by atoms with Gasteiger partial charge in [0.05, 0.1) is 0 Å². The van der Waals surface area contributed by atoms with Gasteiger partial charge in [0.25, 0.3) is 0 Å². The van der Waals surface area contributed by atoms with E-state index in [1.165, 1.54) is 0 Å². The molecule has 2 heterocycles. The highest BCUT2D eigenvalue weighted by atomic mass is 16.6. The highest BCUT2D eigenvalue weighted by molar-refractivity contribution is 5.72. The molecule has 3 aliphatic rings. The number of benzene rings is 1. The quantitative estimate of drug-likeness (QED) is 0.766. The maximum atomic E-state index is 12.2. The molecule has 4 nitrogen and oxygen atoms in total. The third-order valence-electron chi connectivity index (χ3n) is 4.18. The van der Waals surface area contributed by atoms with Crippen molar-refractivity contribution >= 4 is 12.4 Å². The summed E-state index contributed by atoms with van der Waals surface area (Å²) in [6.45, 7) is 0.723. The zero-order valence-electron chi connectivity index (χ0n) is 10.7. The van der Waals surface area contributed by atoms with Gasteiger partial charge in [-0.05, 0) is 37.3 Å². The summed E-state index contributed by atoms with van der Waals surface area (Å²) in [6, 6.07) is 9.09. The molecule has 1 aromatic rings. The number of carbonyl (C=O) groups is 2. The molecule has 2 bridgehead atoms. The Morgan fingerprint density at radius 3 is 2.74 bits per heavy atom. The molecule has 1 aromatic carbocycles. The molecule has 4 heteroatoms. The van der Waals surface area contributed by atoms with Crippen LogP contribution in [0.15, 0.2) is 30.3 Å². The summed E-state index contributed by atoms with van der Waals surface area (Å²) in [5.74, 6) is 0.982. The fraction of sp³-hybridized carbons (Fsp3) is 0.467. The summed E-state index contributed by atoms with van der Waals surface area (Å²) < 4.78 is 5.37. The third-order valence-corrected chi connectivity index (χ3v) is 4.18. The molecule has 100 valence electrons. The van der Waals surface area contributed by atoms with Crippen molar-refractivity contribution in [1.82, 2.24) is 4.90 Å². The van der Waals surface area contributed by atoms with E-state index in [1.54, 1.807) is 17.0 Å². The number of ether oxygens (including phenoxy) is 1. The Hall–Kier alpha value is -1.84. The molecular weight excluding hydrogens is 242 g/mol. The van der Waals surface area contributed by atoms with Gasteiger partial charge in [0, 0.05) is 18.5 Å². The second-order valence-corrected chi connectivity index (χ2v) is 5.38. The molecule has 2 saturated heterocycles. The van der Waals surface area contributed by atoms with E-state index in [4.69, 9.17) is 4.74 Å². The summed E-state index contributed by atoms with van der Waals surface area (Å²) in [4.78, 5) is 25.0. The average Bonchev–Trinajstić information content (AvgIpc) is 2.48. The summed E-state index contributed by atoms with van der Waals surface area (Å²) in [7, 11) is 0. The van der Waals surface area contributed by atoms with Crippen LogP contribution in [0.2, 0.25) is 0 Å². The molecule has 0 spiro atoms. The standard InChI is InChI=1S/C15H17NO3/c17-10-12-8-11-6-7-14(12)16(9-11)15(18)19-13-4-2-1-3-5-13/h1-5,10-12,14H,6-9H2/t11-,12-,14+/m1/s1. The van der Waals surface area contributed by atoms with Crippen molar-refractivity contribution in [3.05, 3.63) is 30.3 Å². The number of carbonyl (C=O) groups excluding carboxylic acids is 2. The van der Waals surface area contributed by atoms with Gasteiger partial charge in [0.15, 0.2) is 0 Å². The maximum Gasteiger partial charge on any atom is 0.415 e. The second-order valence-electron chi connectivity index (χ2n) is 5.38. The summed E-state index contributed by atoms with van der Waals surface area (Å²) in [5, 5.41) is 0. The molecule has 19 heavy (non-hydrogen) atoms. The number of hydrogen-bond acceptors (Lipinski definition) is 3. The van der Waals surface area contributed by atoms with Crippen LogP contribution in [0.1, 0.15) is 19.3 Å². The maximum absolute atomic E-state index is 12.2. The van der Waals surface area contributed by atoms with E-state index in [0.29, 0.717) is 11.7 Å². The summed E-state index contributed by atoms with van der Waals surface area (Å²) >= 11 is 0. The Kier molecular flexibility index (Phi) is 3.23. The molecule has 0 aromatic heterocycles. The van der Waals surface area contributed by atoms with Crippen LogP contribution in [0, 0.1) is 11.8 Å². The van der Waals surface area contributed by atoms with Crippen LogP contribution in [0.4, 0.5) is 4.79 Å². The monoisotopic (exact) mass is 259 g/mol. The first-order valence-corrected chi connectivity index (χ1v) is 6.76.